The van der Waals surface area contributed by atoms with E-state index in [1.807, 2.05) is 25.3 Å². The van der Waals surface area contributed by atoms with Crippen molar-refractivity contribution >= 4 is 23.4 Å². The maximum atomic E-state index is 13.0. The Balaban J connectivity index is 1.11. The quantitative estimate of drug-likeness (QED) is 0.488. The second-order valence-corrected chi connectivity index (χ2v) is 11.5. The van der Waals surface area contributed by atoms with E-state index in [0.717, 1.165) is 49.1 Å². The smallest absolute Gasteiger partial charge is 0.255 e. The lowest BCUT2D eigenvalue weighted by Crippen LogP contribution is -2.52. The summed E-state index contributed by atoms with van der Waals surface area (Å²) in [6.07, 6.45) is 10.6. The van der Waals surface area contributed by atoms with Crippen LogP contribution in [0.2, 0.25) is 0 Å². The number of ether oxygens (including phenoxy) is 2. The zero-order chi connectivity index (χ0) is 25.5. The fourth-order valence-electron chi connectivity index (χ4n) is 7.08. The molecule has 1 unspecified atom stereocenters. The topological polar surface area (TPSA) is 87.9 Å². The fourth-order valence-corrected chi connectivity index (χ4v) is 7.08. The average molecular weight is 509 g/mol. The van der Waals surface area contributed by atoms with Crippen molar-refractivity contribution in [2.75, 3.05) is 20.2 Å². The van der Waals surface area contributed by atoms with Crippen molar-refractivity contribution in [3.05, 3.63) is 29.3 Å². The van der Waals surface area contributed by atoms with Gasteiger partial charge >= 0.3 is 0 Å². The molecule has 2 aliphatic carbocycles. The van der Waals surface area contributed by atoms with E-state index in [2.05, 4.69) is 9.89 Å². The van der Waals surface area contributed by atoms with Gasteiger partial charge in [-0.15, -0.1) is 0 Å². The largest absolute Gasteiger partial charge is 0.480 e. The maximum absolute atomic E-state index is 13.0. The van der Waals surface area contributed by atoms with Gasteiger partial charge in [0.25, 0.3) is 5.91 Å². The number of piperidine rings is 1. The molecule has 1 N–H and O–H groups in total. The monoisotopic (exact) mass is 508 g/mol. The molecule has 0 bridgehead atoms. The van der Waals surface area contributed by atoms with Gasteiger partial charge in [0, 0.05) is 32.1 Å². The molecule has 37 heavy (non-hydrogen) atoms. The van der Waals surface area contributed by atoms with Gasteiger partial charge in [-0.3, -0.25) is 19.7 Å². The molecule has 0 radical (unpaired) electrons. The van der Waals surface area contributed by atoms with Crippen molar-refractivity contribution in [2.45, 2.75) is 89.0 Å². The maximum Gasteiger partial charge on any atom is 0.255 e. The van der Waals surface area contributed by atoms with Crippen molar-refractivity contribution in [1.29, 1.82) is 0 Å². The van der Waals surface area contributed by atoms with Crippen LogP contribution in [0.5, 0.6) is 5.75 Å². The molecule has 3 amide bonds. The van der Waals surface area contributed by atoms with Gasteiger partial charge in [0.15, 0.2) is 24.9 Å². The lowest BCUT2D eigenvalue weighted by molar-refractivity contribution is -0.612. The summed E-state index contributed by atoms with van der Waals surface area (Å²) in [5.41, 5.74) is 2.95. The number of carbonyl (C=O) groups excluding carboxylic acids is 3. The van der Waals surface area contributed by atoms with E-state index in [1.54, 1.807) is 4.90 Å². The number of benzene rings is 1. The fraction of sp³-hybridized carbons (Fsp3) is 0.655. The third kappa shape index (κ3) is 4.80. The molecule has 2 saturated carbocycles. The minimum atomic E-state index is -0.593. The molecule has 8 heteroatoms. The first-order valence-electron chi connectivity index (χ1n) is 14.1. The van der Waals surface area contributed by atoms with Crippen LogP contribution in [0.15, 0.2) is 18.2 Å². The Kier molecular flexibility index (Phi) is 6.78. The van der Waals surface area contributed by atoms with E-state index in [1.165, 1.54) is 44.2 Å². The average Bonchev–Trinajstić information content (AvgIpc) is 3.20. The lowest BCUT2D eigenvalue weighted by atomic mass is 9.75. The first-order chi connectivity index (χ1) is 18.0. The highest BCUT2D eigenvalue weighted by atomic mass is 16.5. The van der Waals surface area contributed by atoms with Crippen molar-refractivity contribution in [1.82, 2.24) is 10.2 Å². The minimum Gasteiger partial charge on any atom is -0.480 e. The zero-order valence-corrected chi connectivity index (χ0v) is 21.7. The molecule has 0 spiro atoms. The van der Waals surface area contributed by atoms with Gasteiger partial charge in [-0.2, -0.15) is 0 Å². The standard InChI is InChI=1S/C29H37N3O5/c1-36-21-8-6-18(7-9-21)20-15-31(16-20)24-4-2-3-5-26(24)37-22-10-11-23-19(14-22)17-32(29(23)35)25-12-13-27(33)30-28(25)34/h10-11,14,18,20-21,25-26H,2-9,12-13,15-17H2,1H3/p+1/t18?,20?,21?,25?,26-/m0/s1. The summed E-state index contributed by atoms with van der Waals surface area (Å²) < 4.78 is 14.7. The van der Waals surface area contributed by atoms with Gasteiger partial charge in [0.1, 0.15) is 11.8 Å². The van der Waals surface area contributed by atoms with Gasteiger partial charge in [-0.05, 0) is 81.0 Å². The third-order valence-corrected chi connectivity index (χ3v) is 9.33. The molecule has 1 aromatic rings. The van der Waals surface area contributed by atoms with Crippen LogP contribution in [0.4, 0.5) is 0 Å². The molecule has 8 nitrogen and oxygen atoms in total. The molecule has 198 valence electrons. The molecule has 3 heterocycles. The Bertz CT molecular complexity index is 1110. The first-order valence-corrected chi connectivity index (χ1v) is 14.1. The van der Waals surface area contributed by atoms with Gasteiger partial charge in [0.05, 0.1) is 12.0 Å². The summed E-state index contributed by atoms with van der Waals surface area (Å²) in [5.74, 6) is 1.61. The summed E-state index contributed by atoms with van der Waals surface area (Å²) in [4.78, 5) is 38.5. The molecule has 2 saturated heterocycles. The molecule has 5 aliphatic rings. The molecule has 0 aromatic heterocycles. The third-order valence-electron chi connectivity index (χ3n) is 9.33. The minimum absolute atomic E-state index is 0.0836. The number of carbonyl (C=O) groups is 3. The number of nitrogens with one attached hydrogen (secondary N) is 1. The van der Waals surface area contributed by atoms with Gasteiger partial charge in [-0.1, -0.05) is 0 Å². The summed E-state index contributed by atoms with van der Waals surface area (Å²) in [7, 11) is 1.84. The lowest BCUT2D eigenvalue weighted by Gasteiger charge is -2.37. The number of amides is 3. The first kappa shape index (κ1) is 24.6. The van der Waals surface area contributed by atoms with Crippen LogP contribution in [0.25, 0.3) is 0 Å². The SMILES string of the molecule is COC1CCC(C2C[N+](=C3CCCC[C@@H]3Oc3ccc4c(c3)CN(C3CCC(=O)NC3=O)C4=O)C2)CC1. The molecule has 3 aliphatic heterocycles. The normalized spacial score (nSPS) is 32.2. The highest BCUT2D eigenvalue weighted by Gasteiger charge is 2.43. The Hall–Kier alpha value is -2.74. The zero-order valence-electron chi connectivity index (χ0n) is 21.7. The number of methoxy groups -OCH3 is 1. The van der Waals surface area contributed by atoms with Crippen LogP contribution in [-0.4, -0.2) is 71.4 Å². The predicted octanol–water partition coefficient (Wildman–Crippen LogP) is 3.06. The van der Waals surface area contributed by atoms with Crippen LogP contribution in [-0.2, 0) is 20.9 Å². The molecular weight excluding hydrogens is 470 g/mol. The highest BCUT2D eigenvalue weighted by Crippen LogP contribution is 2.36. The van der Waals surface area contributed by atoms with Gasteiger partial charge in [-0.25, -0.2) is 4.58 Å². The van der Waals surface area contributed by atoms with E-state index < -0.39 is 6.04 Å². The van der Waals surface area contributed by atoms with Crippen molar-refractivity contribution in [2.24, 2.45) is 11.8 Å². The summed E-state index contributed by atoms with van der Waals surface area (Å²) in [6, 6.07) is 5.10. The van der Waals surface area contributed by atoms with Crippen LogP contribution in [0, 0.1) is 11.8 Å². The number of nitrogens with zero attached hydrogens (tertiary/aromatic N) is 2. The van der Waals surface area contributed by atoms with E-state index in [4.69, 9.17) is 9.47 Å². The second-order valence-electron chi connectivity index (χ2n) is 11.5. The van der Waals surface area contributed by atoms with E-state index >= 15 is 0 Å². The van der Waals surface area contributed by atoms with E-state index in [-0.39, 0.29) is 30.2 Å². The molecule has 4 fully saturated rings. The molecular formula is C29H38N3O5+. The summed E-state index contributed by atoms with van der Waals surface area (Å²) >= 11 is 0. The highest BCUT2D eigenvalue weighted by molar-refractivity contribution is 6.05. The Morgan fingerprint density at radius 2 is 1.76 bits per heavy atom. The number of fused-ring (bicyclic) bond motifs is 1. The molecule has 1 aromatic carbocycles. The van der Waals surface area contributed by atoms with Crippen LogP contribution in [0.1, 0.15) is 80.1 Å². The number of hydrogen-bond donors (Lipinski definition) is 1. The Morgan fingerprint density at radius 3 is 2.51 bits per heavy atom. The van der Waals surface area contributed by atoms with Crippen molar-refractivity contribution < 1.29 is 28.4 Å². The van der Waals surface area contributed by atoms with Gasteiger partial charge < -0.3 is 14.4 Å². The Labute approximate surface area is 218 Å². The van der Waals surface area contributed by atoms with E-state index in [9.17, 15) is 14.4 Å². The number of imide groups is 1. The number of hydrogen-bond acceptors (Lipinski definition) is 5. The second kappa shape index (κ2) is 10.2. The van der Waals surface area contributed by atoms with Crippen LogP contribution < -0.4 is 10.1 Å². The predicted molar refractivity (Wildman–Crippen MR) is 137 cm³/mol. The van der Waals surface area contributed by atoms with Crippen molar-refractivity contribution in [3.8, 4) is 5.75 Å². The van der Waals surface area contributed by atoms with Gasteiger partial charge in [0.2, 0.25) is 11.8 Å². The van der Waals surface area contributed by atoms with Crippen LogP contribution >= 0.6 is 0 Å². The molecule has 6 rings (SSSR count). The molecule has 2 atom stereocenters. The summed E-state index contributed by atoms with van der Waals surface area (Å²) in [6.45, 7) is 2.67. The Morgan fingerprint density at radius 1 is 0.946 bits per heavy atom. The van der Waals surface area contributed by atoms with Crippen LogP contribution in [0.3, 0.4) is 0 Å². The number of rotatable bonds is 5. The van der Waals surface area contributed by atoms with Crippen molar-refractivity contribution in [3.63, 3.8) is 0 Å². The van der Waals surface area contributed by atoms with E-state index in [0.29, 0.717) is 24.6 Å². The summed E-state index contributed by atoms with van der Waals surface area (Å²) in [5, 5.41) is 2.36.